The van der Waals surface area contributed by atoms with E-state index < -0.39 is 5.82 Å². The molecule has 25 heavy (non-hydrogen) atoms. The van der Waals surface area contributed by atoms with E-state index in [9.17, 15) is 13.6 Å². The van der Waals surface area contributed by atoms with Gasteiger partial charge in [0, 0.05) is 12.8 Å². The normalized spacial score (nSPS) is 10.7. The summed E-state index contributed by atoms with van der Waals surface area (Å²) in [5.41, 5.74) is 1.40. The van der Waals surface area contributed by atoms with E-state index in [1.165, 1.54) is 12.1 Å². The van der Waals surface area contributed by atoms with Gasteiger partial charge in [-0.2, -0.15) is 0 Å². The highest BCUT2D eigenvalue weighted by molar-refractivity contribution is 5.91. The van der Waals surface area contributed by atoms with Gasteiger partial charge in [0.05, 0.1) is 11.3 Å². The van der Waals surface area contributed by atoms with E-state index >= 15 is 0 Å². The SMILES string of the molecule is Cc1ccc(F)c(NC(=O)CCc2ccc(-c3ccccc3F)o2)c1. The summed E-state index contributed by atoms with van der Waals surface area (Å²) in [4.78, 5) is 12.0. The Bertz CT molecular complexity index is 902. The van der Waals surface area contributed by atoms with Crippen LogP contribution in [0, 0.1) is 18.6 Å². The van der Waals surface area contributed by atoms with E-state index in [1.54, 1.807) is 42.5 Å². The number of rotatable bonds is 5. The molecular weight excluding hydrogens is 324 g/mol. The lowest BCUT2D eigenvalue weighted by molar-refractivity contribution is -0.116. The summed E-state index contributed by atoms with van der Waals surface area (Å²) in [5.74, 6) is -0.167. The number of hydrogen-bond acceptors (Lipinski definition) is 2. The molecule has 0 saturated carbocycles. The molecule has 0 bridgehead atoms. The van der Waals surface area contributed by atoms with Crippen molar-refractivity contribution in [2.75, 3.05) is 5.32 Å². The highest BCUT2D eigenvalue weighted by atomic mass is 19.1. The lowest BCUT2D eigenvalue weighted by atomic mass is 10.1. The lowest BCUT2D eigenvalue weighted by Gasteiger charge is -2.06. The molecule has 0 saturated heterocycles. The van der Waals surface area contributed by atoms with Crippen LogP contribution in [0.2, 0.25) is 0 Å². The fourth-order valence-electron chi connectivity index (χ4n) is 2.50. The maximum absolute atomic E-state index is 13.8. The van der Waals surface area contributed by atoms with Gasteiger partial charge in [-0.25, -0.2) is 8.78 Å². The molecule has 1 amide bonds. The predicted molar refractivity (Wildman–Crippen MR) is 92.2 cm³/mol. The second-order valence-electron chi connectivity index (χ2n) is 5.78. The van der Waals surface area contributed by atoms with Crippen molar-refractivity contribution in [1.82, 2.24) is 0 Å². The summed E-state index contributed by atoms with van der Waals surface area (Å²) < 4.78 is 33.0. The third-order valence-electron chi connectivity index (χ3n) is 3.80. The molecular formula is C20H17F2NO2. The molecule has 1 aromatic heterocycles. The number of benzene rings is 2. The molecule has 0 unspecified atom stereocenters. The third-order valence-corrected chi connectivity index (χ3v) is 3.80. The molecule has 3 nitrogen and oxygen atoms in total. The van der Waals surface area contributed by atoms with Gasteiger partial charge in [0.25, 0.3) is 0 Å². The summed E-state index contributed by atoms with van der Waals surface area (Å²) in [6, 6.07) is 14.2. The van der Waals surface area contributed by atoms with Crippen LogP contribution >= 0.6 is 0 Å². The van der Waals surface area contributed by atoms with Crippen LogP contribution in [-0.4, -0.2) is 5.91 Å². The average molecular weight is 341 g/mol. The smallest absolute Gasteiger partial charge is 0.224 e. The Hall–Kier alpha value is -2.95. The highest BCUT2D eigenvalue weighted by Crippen LogP contribution is 2.25. The first-order valence-electron chi connectivity index (χ1n) is 7.92. The first kappa shape index (κ1) is 16.9. The molecule has 0 spiro atoms. The van der Waals surface area contributed by atoms with Gasteiger partial charge in [0.2, 0.25) is 5.91 Å². The zero-order valence-corrected chi connectivity index (χ0v) is 13.7. The molecule has 0 atom stereocenters. The van der Waals surface area contributed by atoms with Gasteiger partial charge in [-0.1, -0.05) is 18.2 Å². The predicted octanol–water partition coefficient (Wildman–Crippen LogP) is 5.10. The number of amides is 1. The van der Waals surface area contributed by atoms with Gasteiger partial charge in [0.15, 0.2) is 0 Å². The van der Waals surface area contributed by atoms with Crippen molar-refractivity contribution >= 4 is 11.6 Å². The summed E-state index contributed by atoms with van der Waals surface area (Å²) in [6.45, 7) is 1.82. The van der Waals surface area contributed by atoms with Crippen LogP contribution < -0.4 is 5.32 Å². The molecule has 128 valence electrons. The van der Waals surface area contributed by atoms with E-state index in [0.717, 1.165) is 5.56 Å². The van der Waals surface area contributed by atoms with Crippen LogP contribution in [-0.2, 0) is 11.2 Å². The molecule has 0 radical (unpaired) electrons. The first-order valence-corrected chi connectivity index (χ1v) is 7.92. The largest absolute Gasteiger partial charge is 0.461 e. The van der Waals surface area contributed by atoms with Gasteiger partial charge in [0.1, 0.15) is 23.2 Å². The Balaban J connectivity index is 1.61. The van der Waals surface area contributed by atoms with Crippen molar-refractivity contribution in [3.05, 3.63) is 77.6 Å². The Morgan fingerprint density at radius 2 is 1.84 bits per heavy atom. The topological polar surface area (TPSA) is 42.2 Å². The van der Waals surface area contributed by atoms with Gasteiger partial charge in [-0.3, -0.25) is 4.79 Å². The van der Waals surface area contributed by atoms with E-state index in [-0.39, 0.29) is 23.8 Å². The summed E-state index contributed by atoms with van der Waals surface area (Å²) in [7, 11) is 0. The standard InChI is InChI=1S/C20H17F2NO2/c1-13-6-9-17(22)18(12-13)23-20(24)11-8-14-7-10-19(25-14)15-4-2-3-5-16(15)21/h2-7,9-10,12H,8,11H2,1H3,(H,23,24). The Kier molecular flexibility index (Phi) is 4.93. The maximum atomic E-state index is 13.8. The number of furan rings is 1. The second-order valence-corrected chi connectivity index (χ2v) is 5.78. The fourth-order valence-corrected chi connectivity index (χ4v) is 2.50. The minimum atomic E-state index is -0.473. The second kappa shape index (κ2) is 7.30. The molecule has 0 aliphatic heterocycles. The van der Waals surface area contributed by atoms with Crippen molar-refractivity contribution < 1.29 is 18.0 Å². The van der Waals surface area contributed by atoms with Crippen LogP contribution in [0.1, 0.15) is 17.7 Å². The van der Waals surface area contributed by atoms with E-state index in [0.29, 0.717) is 23.5 Å². The van der Waals surface area contributed by atoms with Crippen LogP contribution in [0.5, 0.6) is 0 Å². The summed E-state index contributed by atoms with van der Waals surface area (Å²) in [6.07, 6.45) is 0.478. The third kappa shape index (κ3) is 4.12. The van der Waals surface area contributed by atoms with Crippen molar-refractivity contribution in [3.8, 4) is 11.3 Å². The Morgan fingerprint density at radius 1 is 1.04 bits per heavy atom. The number of carbonyl (C=O) groups is 1. The monoisotopic (exact) mass is 341 g/mol. The minimum Gasteiger partial charge on any atom is -0.461 e. The molecule has 0 aliphatic rings. The molecule has 3 rings (SSSR count). The average Bonchev–Trinajstić information content (AvgIpc) is 3.05. The molecule has 5 heteroatoms. The molecule has 1 heterocycles. The fraction of sp³-hybridized carbons (Fsp3) is 0.150. The molecule has 3 aromatic rings. The quantitative estimate of drug-likeness (QED) is 0.701. The summed E-state index contributed by atoms with van der Waals surface area (Å²) in [5, 5.41) is 2.55. The number of hydrogen-bond donors (Lipinski definition) is 1. The Labute approximate surface area is 144 Å². The van der Waals surface area contributed by atoms with Crippen molar-refractivity contribution in [1.29, 1.82) is 0 Å². The molecule has 1 N–H and O–H groups in total. The van der Waals surface area contributed by atoms with Crippen molar-refractivity contribution in [3.63, 3.8) is 0 Å². The Morgan fingerprint density at radius 3 is 2.64 bits per heavy atom. The van der Waals surface area contributed by atoms with Crippen LogP contribution in [0.4, 0.5) is 14.5 Å². The van der Waals surface area contributed by atoms with Crippen molar-refractivity contribution in [2.45, 2.75) is 19.8 Å². The van der Waals surface area contributed by atoms with Crippen molar-refractivity contribution in [2.24, 2.45) is 0 Å². The first-order chi connectivity index (χ1) is 12.0. The zero-order valence-electron chi connectivity index (χ0n) is 13.7. The van der Waals surface area contributed by atoms with E-state index in [2.05, 4.69) is 5.32 Å². The van der Waals surface area contributed by atoms with Crippen LogP contribution in [0.25, 0.3) is 11.3 Å². The van der Waals surface area contributed by atoms with E-state index in [4.69, 9.17) is 4.42 Å². The minimum absolute atomic E-state index is 0.137. The van der Waals surface area contributed by atoms with Gasteiger partial charge >= 0.3 is 0 Å². The van der Waals surface area contributed by atoms with Gasteiger partial charge < -0.3 is 9.73 Å². The number of nitrogens with one attached hydrogen (secondary N) is 1. The molecule has 0 aliphatic carbocycles. The lowest BCUT2D eigenvalue weighted by Crippen LogP contribution is -2.13. The highest BCUT2D eigenvalue weighted by Gasteiger charge is 2.11. The number of aryl methyl sites for hydroxylation is 2. The van der Waals surface area contributed by atoms with E-state index in [1.807, 2.05) is 6.92 Å². The summed E-state index contributed by atoms with van der Waals surface area (Å²) >= 11 is 0. The van der Waals surface area contributed by atoms with Gasteiger partial charge in [-0.05, 0) is 48.9 Å². The number of anilines is 1. The zero-order chi connectivity index (χ0) is 17.8. The number of halogens is 2. The molecule has 0 fully saturated rings. The maximum Gasteiger partial charge on any atom is 0.224 e. The van der Waals surface area contributed by atoms with Crippen LogP contribution in [0.15, 0.2) is 59.0 Å². The molecule has 2 aromatic carbocycles. The van der Waals surface area contributed by atoms with Gasteiger partial charge in [-0.15, -0.1) is 0 Å². The number of carbonyl (C=O) groups excluding carboxylic acids is 1. The van der Waals surface area contributed by atoms with Crippen LogP contribution in [0.3, 0.4) is 0 Å².